The first kappa shape index (κ1) is 21.5. The zero-order chi connectivity index (χ0) is 21.2. The highest BCUT2D eigenvalue weighted by Gasteiger charge is 2.23. The molecule has 1 aliphatic heterocycles. The first-order valence-electron chi connectivity index (χ1n) is 10.4. The summed E-state index contributed by atoms with van der Waals surface area (Å²) in [6.07, 6.45) is 0.620. The van der Waals surface area contributed by atoms with E-state index in [1.54, 1.807) is 4.90 Å². The SMILES string of the molecule is N#CCCN(C(=O)CCC(=O)N1CCN(Cc2ccccc2)CC1)c1ccccc1. The molecule has 0 radical (unpaired) electrons. The fraction of sp³-hybridized carbons (Fsp3) is 0.375. The summed E-state index contributed by atoms with van der Waals surface area (Å²) in [7, 11) is 0. The van der Waals surface area contributed by atoms with Crippen molar-refractivity contribution in [1.82, 2.24) is 9.80 Å². The number of rotatable bonds is 8. The Labute approximate surface area is 178 Å². The fourth-order valence-electron chi connectivity index (χ4n) is 3.67. The van der Waals surface area contributed by atoms with Crippen molar-refractivity contribution in [2.75, 3.05) is 37.6 Å². The quantitative estimate of drug-likeness (QED) is 0.678. The molecule has 6 heteroatoms. The van der Waals surface area contributed by atoms with Gasteiger partial charge in [0.05, 0.1) is 12.5 Å². The Morgan fingerprint density at radius 2 is 1.53 bits per heavy atom. The smallest absolute Gasteiger partial charge is 0.227 e. The summed E-state index contributed by atoms with van der Waals surface area (Å²) in [6.45, 7) is 4.30. The van der Waals surface area contributed by atoms with Crippen LogP contribution in [0.25, 0.3) is 0 Å². The van der Waals surface area contributed by atoms with Gasteiger partial charge in [0, 0.05) is 57.8 Å². The van der Waals surface area contributed by atoms with Crippen molar-refractivity contribution in [3.05, 3.63) is 66.2 Å². The number of nitriles is 1. The van der Waals surface area contributed by atoms with E-state index in [-0.39, 0.29) is 31.1 Å². The van der Waals surface area contributed by atoms with Crippen molar-refractivity contribution in [3.8, 4) is 6.07 Å². The Kier molecular flexibility index (Phi) is 7.99. The maximum Gasteiger partial charge on any atom is 0.227 e. The second kappa shape index (κ2) is 11.1. The lowest BCUT2D eigenvalue weighted by Gasteiger charge is -2.35. The van der Waals surface area contributed by atoms with E-state index < -0.39 is 0 Å². The van der Waals surface area contributed by atoms with Gasteiger partial charge < -0.3 is 9.80 Å². The van der Waals surface area contributed by atoms with Gasteiger partial charge in [0.25, 0.3) is 0 Å². The number of para-hydroxylation sites is 1. The minimum Gasteiger partial charge on any atom is -0.340 e. The molecular weight excluding hydrogens is 376 g/mol. The zero-order valence-corrected chi connectivity index (χ0v) is 17.2. The molecule has 0 aliphatic carbocycles. The minimum atomic E-state index is -0.118. The van der Waals surface area contributed by atoms with E-state index >= 15 is 0 Å². The lowest BCUT2D eigenvalue weighted by Crippen LogP contribution is -2.48. The minimum absolute atomic E-state index is 0.0241. The summed E-state index contributed by atoms with van der Waals surface area (Å²) < 4.78 is 0. The van der Waals surface area contributed by atoms with Gasteiger partial charge in [0.2, 0.25) is 11.8 Å². The molecule has 0 saturated carbocycles. The number of hydrogen-bond acceptors (Lipinski definition) is 4. The summed E-state index contributed by atoms with van der Waals surface area (Å²) in [4.78, 5) is 31.2. The largest absolute Gasteiger partial charge is 0.340 e. The number of piperazine rings is 1. The number of anilines is 1. The molecule has 156 valence electrons. The van der Waals surface area contributed by atoms with Crippen LogP contribution in [-0.4, -0.2) is 54.3 Å². The summed E-state index contributed by atoms with van der Waals surface area (Å²) in [5.74, 6) is -0.0940. The lowest BCUT2D eigenvalue weighted by atomic mass is 10.1. The summed E-state index contributed by atoms with van der Waals surface area (Å²) >= 11 is 0. The van der Waals surface area contributed by atoms with Crippen molar-refractivity contribution in [1.29, 1.82) is 5.26 Å². The molecule has 0 bridgehead atoms. The monoisotopic (exact) mass is 404 g/mol. The van der Waals surface area contributed by atoms with E-state index in [1.807, 2.05) is 53.4 Å². The Morgan fingerprint density at radius 3 is 2.17 bits per heavy atom. The Hall–Kier alpha value is -3.17. The standard InChI is InChI=1S/C24H28N4O2/c25-14-7-15-28(22-10-5-2-6-11-22)24(30)13-12-23(29)27-18-16-26(17-19-27)20-21-8-3-1-4-9-21/h1-6,8-11H,7,12-13,15-20H2. The van der Waals surface area contributed by atoms with Crippen LogP contribution in [0.2, 0.25) is 0 Å². The number of nitrogens with zero attached hydrogens (tertiary/aromatic N) is 4. The third-order valence-electron chi connectivity index (χ3n) is 5.34. The molecule has 0 atom stereocenters. The van der Waals surface area contributed by atoms with Crippen LogP contribution in [0.5, 0.6) is 0 Å². The Bertz CT molecular complexity index is 856. The third kappa shape index (κ3) is 6.16. The molecule has 2 amide bonds. The maximum absolute atomic E-state index is 12.7. The van der Waals surface area contributed by atoms with Crippen LogP contribution < -0.4 is 4.90 Å². The fourth-order valence-corrected chi connectivity index (χ4v) is 3.67. The molecule has 1 heterocycles. The highest BCUT2D eigenvalue weighted by molar-refractivity contribution is 5.95. The normalized spacial score (nSPS) is 14.2. The van der Waals surface area contributed by atoms with E-state index in [0.29, 0.717) is 19.6 Å². The van der Waals surface area contributed by atoms with Crippen molar-refractivity contribution in [3.63, 3.8) is 0 Å². The van der Waals surface area contributed by atoms with E-state index in [1.165, 1.54) is 5.56 Å². The van der Waals surface area contributed by atoms with Gasteiger partial charge in [-0.15, -0.1) is 0 Å². The molecule has 0 spiro atoms. The van der Waals surface area contributed by atoms with Crippen LogP contribution in [0.15, 0.2) is 60.7 Å². The van der Waals surface area contributed by atoms with Crippen LogP contribution >= 0.6 is 0 Å². The molecule has 1 aliphatic rings. The van der Waals surface area contributed by atoms with Gasteiger partial charge in [-0.05, 0) is 17.7 Å². The van der Waals surface area contributed by atoms with Crippen LogP contribution in [0.4, 0.5) is 5.69 Å². The van der Waals surface area contributed by atoms with Gasteiger partial charge in [0.1, 0.15) is 0 Å². The lowest BCUT2D eigenvalue weighted by molar-refractivity contribution is -0.134. The Morgan fingerprint density at radius 1 is 0.900 bits per heavy atom. The van der Waals surface area contributed by atoms with Gasteiger partial charge in [-0.1, -0.05) is 48.5 Å². The summed E-state index contributed by atoms with van der Waals surface area (Å²) in [5.41, 5.74) is 2.04. The van der Waals surface area contributed by atoms with Crippen molar-refractivity contribution in [2.45, 2.75) is 25.8 Å². The van der Waals surface area contributed by atoms with Crippen LogP contribution in [0, 0.1) is 11.3 Å². The third-order valence-corrected chi connectivity index (χ3v) is 5.34. The average molecular weight is 405 g/mol. The predicted molar refractivity (Wildman–Crippen MR) is 117 cm³/mol. The molecule has 2 aromatic carbocycles. The number of hydrogen-bond donors (Lipinski definition) is 0. The molecular formula is C24H28N4O2. The van der Waals surface area contributed by atoms with Gasteiger partial charge >= 0.3 is 0 Å². The van der Waals surface area contributed by atoms with E-state index in [9.17, 15) is 9.59 Å². The second-order valence-corrected chi connectivity index (χ2v) is 7.43. The molecule has 3 rings (SSSR count). The molecule has 0 aromatic heterocycles. The van der Waals surface area contributed by atoms with Crippen LogP contribution in [0.3, 0.4) is 0 Å². The van der Waals surface area contributed by atoms with Gasteiger partial charge in [-0.3, -0.25) is 14.5 Å². The number of carbonyl (C=O) groups is 2. The topological polar surface area (TPSA) is 67.6 Å². The van der Waals surface area contributed by atoms with Crippen LogP contribution in [0.1, 0.15) is 24.8 Å². The number of amides is 2. The average Bonchev–Trinajstić information content (AvgIpc) is 2.79. The highest BCUT2D eigenvalue weighted by atomic mass is 16.2. The molecule has 1 saturated heterocycles. The zero-order valence-electron chi connectivity index (χ0n) is 17.2. The molecule has 0 N–H and O–H groups in total. The van der Waals surface area contributed by atoms with E-state index in [2.05, 4.69) is 23.1 Å². The van der Waals surface area contributed by atoms with E-state index in [0.717, 1.165) is 25.3 Å². The van der Waals surface area contributed by atoms with Crippen molar-refractivity contribution < 1.29 is 9.59 Å². The van der Waals surface area contributed by atoms with Gasteiger partial charge in [-0.25, -0.2) is 0 Å². The van der Waals surface area contributed by atoms with Crippen LogP contribution in [-0.2, 0) is 16.1 Å². The Balaban J connectivity index is 1.46. The first-order valence-corrected chi connectivity index (χ1v) is 10.4. The summed E-state index contributed by atoms with van der Waals surface area (Å²) in [5, 5.41) is 8.89. The molecule has 30 heavy (non-hydrogen) atoms. The molecule has 2 aromatic rings. The highest BCUT2D eigenvalue weighted by Crippen LogP contribution is 2.16. The molecule has 0 unspecified atom stereocenters. The molecule has 1 fully saturated rings. The first-order chi connectivity index (χ1) is 14.7. The second-order valence-electron chi connectivity index (χ2n) is 7.43. The van der Waals surface area contributed by atoms with Gasteiger partial charge in [0.15, 0.2) is 0 Å². The number of benzene rings is 2. The summed E-state index contributed by atoms with van der Waals surface area (Å²) in [6, 6.07) is 21.7. The molecule has 6 nitrogen and oxygen atoms in total. The maximum atomic E-state index is 12.7. The number of carbonyl (C=O) groups excluding carboxylic acids is 2. The van der Waals surface area contributed by atoms with Crippen molar-refractivity contribution in [2.24, 2.45) is 0 Å². The van der Waals surface area contributed by atoms with E-state index in [4.69, 9.17) is 5.26 Å². The van der Waals surface area contributed by atoms with Gasteiger partial charge in [-0.2, -0.15) is 5.26 Å². The van der Waals surface area contributed by atoms with Crippen molar-refractivity contribution >= 4 is 17.5 Å². The predicted octanol–water partition coefficient (Wildman–Crippen LogP) is 3.06.